The highest BCUT2D eigenvalue weighted by molar-refractivity contribution is 5.94. The maximum absolute atomic E-state index is 13.5. The number of nitrogens with zero attached hydrogens (tertiary/aromatic N) is 3. The molecule has 3 rings (SSSR count). The van der Waals surface area contributed by atoms with Crippen LogP contribution in [0.1, 0.15) is 42.4 Å². The molecule has 3 amide bonds. The minimum atomic E-state index is -0.415. The summed E-state index contributed by atoms with van der Waals surface area (Å²) in [6.07, 6.45) is 1.95. The Balaban J connectivity index is 1.72. The molecule has 0 fully saturated rings. The first kappa shape index (κ1) is 26.5. The smallest absolute Gasteiger partial charge is 0.338 e. The van der Waals surface area contributed by atoms with E-state index in [4.69, 9.17) is 4.74 Å². The van der Waals surface area contributed by atoms with E-state index in [9.17, 15) is 14.4 Å². The monoisotopic (exact) mass is 490 g/mol. The van der Waals surface area contributed by atoms with Crippen molar-refractivity contribution in [2.24, 2.45) is 7.05 Å². The van der Waals surface area contributed by atoms with E-state index in [-0.39, 0.29) is 24.5 Å². The predicted octanol–water partition coefficient (Wildman–Crippen LogP) is 4.67. The highest BCUT2D eigenvalue weighted by Gasteiger charge is 2.24. The second kappa shape index (κ2) is 12.6. The molecule has 1 N–H and O–H groups in total. The molecule has 0 bridgehead atoms. The summed E-state index contributed by atoms with van der Waals surface area (Å²) in [5, 5.41) is 2.83. The Morgan fingerprint density at radius 3 is 2.22 bits per heavy atom. The van der Waals surface area contributed by atoms with Gasteiger partial charge in [-0.2, -0.15) is 0 Å². The fourth-order valence-electron chi connectivity index (χ4n) is 3.73. The summed E-state index contributed by atoms with van der Waals surface area (Å²) in [5.41, 5.74) is 2.95. The van der Waals surface area contributed by atoms with E-state index in [2.05, 4.69) is 5.32 Å². The number of nitrogens with one attached hydrogen (secondary N) is 1. The van der Waals surface area contributed by atoms with Crippen LogP contribution in [0.3, 0.4) is 0 Å². The van der Waals surface area contributed by atoms with Crippen molar-refractivity contribution in [3.8, 4) is 0 Å². The maximum atomic E-state index is 13.5. The molecule has 2 aromatic carbocycles. The summed E-state index contributed by atoms with van der Waals surface area (Å²) in [5.74, 6) is -0.567. The van der Waals surface area contributed by atoms with Crippen LogP contribution < -0.4 is 5.32 Å². The van der Waals surface area contributed by atoms with Gasteiger partial charge in [0.25, 0.3) is 0 Å². The first-order valence-corrected chi connectivity index (χ1v) is 12.0. The molecule has 0 saturated carbocycles. The minimum absolute atomic E-state index is 0.0678. The Morgan fingerprint density at radius 1 is 0.944 bits per heavy atom. The average molecular weight is 491 g/mol. The Morgan fingerprint density at radius 2 is 1.64 bits per heavy atom. The van der Waals surface area contributed by atoms with E-state index >= 15 is 0 Å². The van der Waals surface area contributed by atoms with Crippen LogP contribution in [0.2, 0.25) is 0 Å². The number of benzene rings is 2. The van der Waals surface area contributed by atoms with Crippen LogP contribution in [0, 0.1) is 0 Å². The van der Waals surface area contributed by atoms with Crippen LogP contribution in [0.4, 0.5) is 10.5 Å². The van der Waals surface area contributed by atoms with Gasteiger partial charge in [-0.3, -0.25) is 4.79 Å². The van der Waals surface area contributed by atoms with E-state index in [1.807, 2.05) is 74.1 Å². The van der Waals surface area contributed by atoms with Crippen molar-refractivity contribution in [1.29, 1.82) is 0 Å². The third kappa shape index (κ3) is 7.21. The fraction of sp³-hybridized carbons (Fsp3) is 0.321. The lowest BCUT2D eigenvalue weighted by Gasteiger charge is -2.30. The standard InChI is InChI=1S/C28H34N4O4/c1-5-36-27(34)23-13-15-24(16-14-23)29-28(35)32(21(2)3)20-26(33)31(18-22-10-7-6-8-11-22)19-25-12-9-17-30(25)4/h6-17,21H,5,18-20H2,1-4H3,(H,29,35). The fourth-order valence-corrected chi connectivity index (χ4v) is 3.73. The molecule has 36 heavy (non-hydrogen) atoms. The van der Waals surface area contributed by atoms with Crippen molar-refractivity contribution in [3.05, 3.63) is 89.7 Å². The van der Waals surface area contributed by atoms with Crippen LogP contribution in [0.5, 0.6) is 0 Å². The number of aryl methyl sites for hydroxylation is 1. The van der Waals surface area contributed by atoms with Gasteiger partial charge < -0.3 is 24.4 Å². The van der Waals surface area contributed by atoms with Crippen LogP contribution in [0.15, 0.2) is 72.9 Å². The number of amides is 3. The lowest BCUT2D eigenvalue weighted by Crippen LogP contribution is -2.47. The van der Waals surface area contributed by atoms with E-state index < -0.39 is 5.97 Å². The number of ether oxygens (including phenoxy) is 1. The molecule has 0 atom stereocenters. The quantitative estimate of drug-likeness (QED) is 0.419. The zero-order valence-corrected chi connectivity index (χ0v) is 21.3. The zero-order chi connectivity index (χ0) is 26.1. The lowest BCUT2D eigenvalue weighted by molar-refractivity contribution is -0.133. The lowest BCUT2D eigenvalue weighted by atomic mass is 10.2. The van der Waals surface area contributed by atoms with Crippen molar-refractivity contribution in [2.45, 2.75) is 39.9 Å². The number of urea groups is 1. The van der Waals surface area contributed by atoms with Gasteiger partial charge in [-0.05, 0) is 62.7 Å². The minimum Gasteiger partial charge on any atom is -0.462 e. The molecule has 0 unspecified atom stereocenters. The SMILES string of the molecule is CCOC(=O)c1ccc(NC(=O)N(CC(=O)N(Cc2ccccc2)Cc2cccn2C)C(C)C)cc1. The van der Waals surface area contributed by atoms with Crippen LogP contribution in [0.25, 0.3) is 0 Å². The number of rotatable bonds is 10. The van der Waals surface area contributed by atoms with Crippen LogP contribution >= 0.6 is 0 Å². The number of hydrogen-bond donors (Lipinski definition) is 1. The number of carbonyl (C=O) groups is 3. The zero-order valence-electron chi connectivity index (χ0n) is 21.3. The van der Waals surface area contributed by atoms with Crippen LogP contribution in [-0.4, -0.2) is 51.5 Å². The number of aromatic nitrogens is 1. The number of anilines is 1. The predicted molar refractivity (Wildman–Crippen MR) is 139 cm³/mol. The molecular weight excluding hydrogens is 456 g/mol. The molecule has 0 radical (unpaired) electrons. The van der Waals surface area contributed by atoms with Gasteiger partial charge in [-0.1, -0.05) is 30.3 Å². The van der Waals surface area contributed by atoms with Gasteiger partial charge in [-0.25, -0.2) is 9.59 Å². The highest BCUT2D eigenvalue weighted by atomic mass is 16.5. The molecule has 0 saturated heterocycles. The molecule has 0 aliphatic carbocycles. The molecule has 8 heteroatoms. The summed E-state index contributed by atoms with van der Waals surface area (Å²) in [7, 11) is 1.95. The van der Waals surface area contributed by atoms with E-state index in [0.717, 1.165) is 11.3 Å². The first-order chi connectivity index (χ1) is 17.3. The third-order valence-electron chi connectivity index (χ3n) is 5.81. The molecule has 3 aromatic rings. The van der Waals surface area contributed by atoms with E-state index in [1.165, 1.54) is 4.90 Å². The van der Waals surface area contributed by atoms with Gasteiger partial charge in [-0.15, -0.1) is 0 Å². The van der Waals surface area contributed by atoms with Gasteiger partial charge in [0.1, 0.15) is 6.54 Å². The van der Waals surface area contributed by atoms with Gasteiger partial charge in [0.15, 0.2) is 0 Å². The van der Waals surface area contributed by atoms with Gasteiger partial charge in [0.05, 0.1) is 18.7 Å². The highest BCUT2D eigenvalue weighted by Crippen LogP contribution is 2.15. The van der Waals surface area contributed by atoms with Crippen molar-refractivity contribution in [2.75, 3.05) is 18.5 Å². The molecule has 1 aromatic heterocycles. The normalized spacial score (nSPS) is 10.7. The van der Waals surface area contributed by atoms with Crippen molar-refractivity contribution >= 4 is 23.6 Å². The van der Waals surface area contributed by atoms with Crippen LogP contribution in [-0.2, 0) is 29.7 Å². The second-order valence-corrected chi connectivity index (χ2v) is 8.80. The molecule has 8 nitrogen and oxygen atoms in total. The summed E-state index contributed by atoms with van der Waals surface area (Å²) >= 11 is 0. The van der Waals surface area contributed by atoms with Gasteiger partial charge >= 0.3 is 12.0 Å². The number of hydrogen-bond acceptors (Lipinski definition) is 4. The van der Waals surface area contributed by atoms with E-state index in [0.29, 0.717) is 30.9 Å². The third-order valence-corrected chi connectivity index (χ3v) is 5.81. The number of esters is 1. The summed E-state index contributed by atoms with van der Waals surface area (Å²) in [4.78, 5) is 41.7. The Bertz CT molecular complexity index is 1160. The Labute approximate surface area is 212 Å². The summed E-state index contributed by atoms with van der Waals surface area (Å²) < 4.78 is 6.98. The average Bonchev–Trinajstić information content (AvgIpc) is 3.27. The van der Waals surface area contributed by atoms with Gasteiger partial charge in [0.2, 0.25) is 5.91 Å². The molecule has 1 heterocycles. The largest absolute Gasteiger partial charge is 0.462 e. The molecule has 190 valence electrons. The molecular formula is C28H34N4O4. The maximum Gasteiger partial charge on any atom is 0.338 e. The van der Waals surface area contributed by atoms with E-state index in [1.54, 1.807) is 36.1 Å². The summed E-state index contributed by atoms with van der Waals surface area (Å²) in [6.45, 7) is 6.58. The first-order valence-electron chi connectivity index (χ1n) is 12.0. The van der Waals surface area contributed by atoms with Gasteiger partial charge in [0, 0.05) is 37.2 Å². The molecule has 0 spiro atoms. The molecule has 0 aliphatic rings. The topological polar surface area (TPSA) is 83.9 Å². The molecule has 0 aliphatic heterocycles. The Kier molecular flexibility index (Phi) is 9.27. The Hall–Kier alpha value is -4.07. The number of carbonyl (C=O) groups excluding carboxylic acids is 3. The van der Waals surface area contributed by atoms with Crippen molar-refractivity contribution in [1.82, 2.24) is 14.4 Å². The second-order valence-electron chi connectivity index (χ2n) is 8.80. The van der Waals surface area contributed by atoms with Crippen molar-refractivity contribution < 1.29 is 19.1 Å². The van der Waals surface area contributed by atoms with Crippen molar-refractivity contribution in [3.63, 3.8) is 0 Å². The summed E-state index contributed by atoms with van der Waals surface area (Å²) in [6, 6.07) is 19.6.